The highest BCUT2D eigenvalue weighted by molar-refractivity contribution is 5.79. The molecule has 0 amide bonds. The number of hydrogen-bond acceptors (Lipinski definition) is 4. The minimum Gasteiger partial charge on any atom is -0.497 e. The van der Waals surface area contributed by atoms with Crippen LogP contribution in [-0.4, -0.2) is 63.6 Å². The molecule has 0 radical (unpaired) electrons. The fourth-order valence-electron chi connectivity index (χ4n) is 4.15. The molecule has 0 spiro atoms. The molecule has 0 bridgehead atoms. The van der Waals surface area contributed by atoms with E-state index in [0.29, 0.717) is 6.04 Å². The van der Waals surface area contributed by atoms with Gasteiger partial charge in [0.25, 0.3) is 0 Å². The Balaban J connectivity index is 1.63. The summed E-state index contributed by atoms with van der Waals surface area (Å²) in [6, 6.07) is 17.3. The number of ether oxygens (including phenoxy) is 1. The number of aliphatic imine (C=N–C) groups is 1. The van der Waals surface area contributed by atoms with E-state index in [9.17, 15) is 0 Å². The van der Waals surface area contributed by atoms with E-state index in [1.54, 1.807) is 7.11 Å². The highest BCUT2D eigenvalue weighted by atomic mass is 16.5. The van der Waals surface area contributed by atoms with E-state index in [4.69, 9.17) is 4.74 Å². The first-order valence-corrected chi connectivity index (χ1v) is 11.1. The molecule has 6 heteroatoms. The molecule has 31 heavy (non-hydrogen) atoms. The maximum absolute atomic E-state index is 5.34. The zero-order valence-electron chi connectivity index (χ0n) is 19.4. The molecule has 1 heterocycles. The summed E-state index contributed by atoms with van der Waals surface area (Å²) in [7, 11) is 7.74. The van der Waals surface area contributed by atoms with Crippen molar-refractivity contribution >= 4 is 5.96 Å². The van der Waals surface area contributed by atoms with E-state index in [2.05, 4.69) is 75.9 Å². The maximum atomic E-state index is 5.34. The smallest absolute Gasteiger partial charge is 0.191 e. The van der Waals surface area contributed by atoms with Gasteiger partial charge in [-0.2, -0.15) is 0 Å². The normalized spacial score (nSPS) is 15.8. The van der Waals surface area contributed by atoms with Gasteiger partial charge in [0.1, 0.15) is 5.75 Å². The molecule has 1 aliphatic heterocycles. The Labute approximate surface area is 187 Å². The lowest BCUT2D eigenvalue weighted by molar-refractivity contribution is 0.245. The number of benzene rings is 2. The standard InChI is InChI=1S/C25H37N5O/c1-26-25(27-17-21-9-5-6-10-22(21)19-29(2)3)28-18-24(30-15-7-8-16-30)20-11-13-23(31-4)14-12-20/h5-6,9-14,24H,7-8,15-19H2,1-4H3,(H2,26,27,28). The molecule has 1 atom stereocenters. The van der Waals surface area contributed by atoms with Gasteiger partial charge in [0.05, 0.1) is 13.2 Å². The summed E-state index contributed by atoms with van der Waals surface area (Å²) in [6.07, 6.45) is 2.53. The molecular formula is C25H37N5O. The molecule has 1 saturated heterocycles. The van der Waals surface area contributed by atoms with Crippen molar-refractivity contribution in [3.05, 3.63) is 65.2 Å². The Morgan fingerprint density at radius 3 is 2.32 bits per heavy atom. The van der Waals surface area contributed by atoms with E-state index in [1.165, 1.54) is 29.5 Å². The predicted octanol–water partition coefficient (Wildman–Crippen LogP) is 3.26. The van der Waals surface area contributed by atoms with Gasteiger partial charge in [-0.3, -0.25) is 9.89 Å². The average molecular weight is 424 g/mol. The highest BCUT2D eigenvalue weighted by Gasteiger charge is 2.23. The summed E-state index contributed by atoms with van der Waals surface area (Å²) in [5.41, 5.74) is 3.94. The lowest BCUT2D eigenvalue weighted by Gasteiger charge is -2.29. The van der Waals surface area contributed by atoms with Gasteiger partial charge >= 0.3 is 0 Å². The maximum Gasteiger partial charge on any atom is 0.191 e. The lowest BCUT2D eigenvalue weighted by Crippen LogP contribution is -2.42. The van der Waals surface area contributed by atoms with Crippen molar-refractivity contribution in [2.45, 2.75) is 32.0 Å². The van der Waals surface area contributed by atoms with Crippen molar-refractivity contribution in [3.8, 4) is 5.75 Å². The number of nitrogens with zero attached hydrogens (tertiary/aromatic N) is 3. The van der Waals surface area contributed by atoms with Gasteiger partial charge in [0.15, 0.2) is 5.96 Å². The number of methoxy groups -OCH3 is 1. The van der Waals surface area contributed by atoms with Gasteiger partial charge in [0.2, 0.25) is 0 Å². The second kappa shape index (κ2) is 11.7. The highest BCUT2D eigenvalue weighted by Crippen LogP contribution is 2.26. The largest absolute Gasteiger partial charge is 0.497 e. The van der Waals surface area contributed by atoms with E-state index in [1.807, 2.05) is 19.2 Å². The van der Waals surface area contributed by atoms with Crippen LogP contribution < -0.4 is 15.4 Å². The molecule has 2 N–H and O–H groups in total. The third kappa shape index (κ3) is 6.71. The van der Waals surface area contributed by atoms with E-state index in [-0.39, 0.29) is 0 Å². The number of guanidine groups is 1. The van der Waals surface area contributed by atoms with Gasteiger partial charge in [-0.05, 0) is 68.8 Å². The van der Waals surface area contributed by atoms with Crippen LogP contribution in [0.1, 0.15) is 35.6 Å². The average Bonchev–Trinajstić information content (AvgIpc) is 3.31. The molecule has 168 valence electrons. The third-order valence-corrected chi connectivity index (χ3v) is 5.82. The molecule has 0 saturated carbocycles. The van der Waals surface area contributed by atoms with Crippen LogP contribution in [0, 0.1) is 0 Å². The minimum absolute atomic E-state index is 0.313. The minimum atomic E-state index is 0.313. The van der Waals surface area contributed by atoms with Gasteiger partial charge in [-0.15, -0.1) is 0 Å². The van der Waals surface area contributed by atoms with Crippen LogP contribution >= 0.6 is 0 Å². The van der Waals surface area contributed by atoms with Crippen LogP contribution in [0.4, 0.5) is 0 Å². The van der Waals surface area contributed by atoms with E-state index in [0.717, 1.165) is 44.4 Å². The van der Waals surface area contributed by atoms with Crippen molar-refractivity contribution in [1.82, 2.24) is 20.4 Å². The van der Waals surface area contributed by atoms with Gasteiger partial charge in [0, 0.05) is 26.7 Å². The van der Waals surface area contributed by atoms with Crippen molar-refractivity contribution < 1.29 is 4.74 Å². The summed E-state index contributed by atoms with van der Waals surface area (Å²) in [5, 5.41) is 7.06. The molecule has 1 fully saturated rings. The quantitative estimate of drug-likeness (QED) is 0.479. The second-order valence-corrected chi connectivity index (χ2v) is 8.35. The Morgan fingerprint density at radius 2 is 1.71 bits per heavy atom. The Bertz CT molecular complexity index is 828. The van der Waals surface area contributed by atoms with E-state index < -0.39 is 0 Å². The van der Waals surface area contributed by atoms with Crippen molar-refractivity contribution in [2.75, 3.05) is 47.9 Å². The van der Waals surface area contributed by atoms with Gasteiger partial charge in [-0.1, -0.05) is 36.4 Å². The summed E-state index contributed by atoms with van der Waals surface area (Å²) < 4.78 is 5.34. The number of likely N-dealkylation sites (tertiary alicyclic amines) is 1. The molecule has 0 aliphatic carbocycles. The lowest BCUT2D eigenvalue weighted by atomic mass is 10.1. The molecule has 0 aromatic heterocycles. The number of nitrogens with one attached hydrogen (secondary N) is 2. The molecule has 3 rings (SSSR count). The Hall–Kier alpha value is -2.57. The summed E-state index contributed by atoms with van der Waals surface area (Å²) in [5.74, 6) is 1.73. The summed E-state index contributed by atoms with van der Waals surface area (Å²) >= 11 is 0. The topological polar surface area (TPSA) is 52.1 Å². The van der Waals surface area contributed by atoms with Crippen molar-refractivity contribution in [2.24, 2.45) is 4.99 Å². The SMILES string of the molecule is CN=C(NCc1ccccc1CN(C)C)NCC(c1ccc(OC)cc1)N1CCCC1. The van der Waals surface area contributed by atoms with E-state index >= 15 is 0 Å². The second-order valence-electron chi connectivity index (χ2n) is 8.35. The number of rotatable bonds is 9. The first-order chi connectivity index (χ1) is 15.1. The van der Waals surface area contributed by atoms with Crippen LogP contribution in [-0.2, 0) is 13.1 Å². The Kier molecular flexibility index (Phi) is 8.74. The molecule has 1 unspecified atom stereocenters. The van der Waals surface area contributed by atoms with Crippen molar-refractivity contribution in [3.63, 3.8) is 0 Å². The molecule has 6 nitrogen and oxygen atoms in total. The zero-order chi connectivity index (χ0) is 22.1. The van der Waals surface area contributed by atoms with Crippen LogP contribution in [0.2, 0.25) is 0 Å². The van der Waals surface area contributed by atoms with Crippen LogP contribution in [0.3, 0.4) is 0 Å². The van der Waals surface area contributed by atoms with Crippen LogP contribution in [0.25, 0.3) is 0 Å². The summed E-state index contributed by atoms with van der Waals surface area (Å²) in [4.78, 5) is 9.22. The fraction of sp³-hybridized carbons (Fsp3) is 0.480. The predicted molar refractivity (Wildman–Crippen MR) is 129 cm³/mol. The van der Waals surface area contributed by atoms with Crippen molar-refractivity contribution in [1.29, 1.82) is 0 Å². The molecule has 1 aliphatic rings. The Morgan fingerprint density at radius 1 is 1.03 bits per heavy atom. The first kappa shape index (κ1) is 23.1. The third-order valence-electron chi connectivity index (χ3n) is 5.82. The molecule has 2 aromatic rings. The zero-order valence-corrected chi connectivity index (χ0v) is 19.4. The van der Waals surface area contributed by atoms with Gasteiger partial charge in [-0.25, -0.2) is 0 Å². The molecular weight excluding hydrogens is 386 g/mol. The fourth-order valence-corrected chi connectivity index (χ4v) is 4.15. The summed E-state index contributed by atoms with van der Waals surface area (Å²) in [6.45, 7) is 4.77. The monoisotopic (exact) mass is 423 g/mol. The number of hydrogen-bond donors (Lipinski definition) is 2. The van der Waals surface area contributed by atoms with Gasteiger partial charge < -0.3 is 20.3 Å². The van der Waals surface area contributed by atoms with Crippen LogP contribution in [0.5, 0.6) is 5.75 Å². The van der Waals surface area contributed by atoms with Crippen LogP contribution in [0.15, 0.2) is 53.5 Å². The first-order valence-electron chi connectivity index (χ1n) is 11.1. The molecule has 2 aromatic carbocycles.